The Bertz CT molecular complexity index is 1420. The zero-order chi connectivity index (χ0) is 29.3. The fourth-order valence-electron chi connectivity index (χ4n) is 5.52. The van der Waals surface area contributed by atoms with Gasteiger partial charge < -0.3 is 29.3 Å². The predicted octanol–water partition coefficient (Wildman–Crippen LogP) is 5.53. The van der Waals surface area contributed by atoms with Gasteiger partial charge in [0.2, 0.25) is 0 Å². The van der Waals surface area contributed by atoms with E-state index in [1.165, 1.54) is 19.2 Å². The number of methoxy groups -OCH3 is 1. The third kappa shape index (κ3) is 6.06. The van der Waals surface area contributed by atoms with Gasteiger partial charge in [-0.2, -0.15) is 8.78 Å². The second kappa shape index (κ2) is 11.7. The number of carbonyl (C=O) groups is 1. The number of halogens is 2. The molecule has 9 nitrogen and oxygen atoms in total. The fourth-order valence-corrected chi connectivity index (χ4v) is 5.52. The van der Waals surface area contributed by atoms with Crippen LogP contribution in [0, 0.1) is 6.92 Å². The molecule has 3 atom stereocenters. The molecule has 2 aromatic carbocycles. The van der Waals surface area contributed by atoms with Crippen LogP contribution in [0.4, 0.5) is 19.4 Å². The molecule has 1 amide bonds. The number of fused-ring (bicyclic) bond motifs is 1. The highest BCUT2D eigenvalue weighted by molar-refractivity contribution is 5.92. The van der Waals surface area contributed by atoms with E-state index in [9.17, 15) is 4.79 Å². The Balaban J connectivity index is 1.43. The largest absolute Gasteiger partial charge is 0.493 e. The van der Waals surface area contributed by atoms with Crippen molar-refractivity contribution >= 4 is 22.8 Å². The number of amides is 1. The molecular weight excluding hydrogens is 532 g/mol. The molecule has 2 fully saturated rings. The Labute approximate surface area is 238 Å². The summed E-state index contributed by atoms with van der Waals surface area (Å²) in [6.45, 7) is 8.07. The molecule has 2 aliphatic rings. The summed E-state index contributed by atoms with van der Waals surface area (Å²) in [6.07, 6.45) is -0.599. The number of rotatable bonds is 7. The van der Waals surface area contributed by atoms with Crippen molar-refractivity contribution in [3.63, 3.8) is 0 Å². The molecule has 41 heavy (non-hydrogen) atoms. The van der Waals surface area contributed by atoms with Gasteiger partial charge in [-0.3, -0.25) is 0 Å². The van der Waals surface area contributed by atoms with E-state index in [1.54, 1.807) is 36.1 Å². The molecule has 0 aliphatic carbocycles. The third-order valence-corrected chi connectivity index (χ3v) is 7.81. The van der Waals surface area contributed by atoms with Crippen LogP contribution in [0.1, 0.15) is 49.7 Å². The highest BCUT2D eigenvalue weighted by Crippen LogP contribution is 2.40. The van der Waals surface area contributed by atoms with Gasteiger partial charge in [-0.15, -0.1) is 0 Å². The van der Waals surface area contributed by atoms with E-state index in [0.717, 1.165) is 13.1 Å². The molecule has 0 spiro atoms. The number of piperazine rings is 1. The molecule has 0 bridgehead atoms. The minimum absolute atomic E-state index is 0.000124. The zero-order valence-corrected chi connectivity index (χ0v) is 24.1. The summed E-state index contributed by atoms with van der Waals surface area (Å²) in [4.78, 5) is 26.1. The monoisotopic (exact) mass is 569 g/mol. The number of nitrogens with zero attached hydrogens (tertiary/aromatic N) is 4. The maximum absolute atomic E-state index is 15.2. The van der Waals surface area contributed by atoms with Gasteiger partial charge in [-0.25, -0.2) is 14.8 Å². The van der Waals surface area contributed by atoms with Crippen molar-refractivity contribution in [2.75, 3.05) is 45.7 Å². The van der Waals surface area contributed by atoms with E-state index in [1.807, 2.05) is 20.9 Å². The van der Waals surface area contributed by atoms with Crippen molar-refractivity contribution in [1.29, 1.82) is 0 Å². The van der Waals surface area contributed by atoms with Crippen LogP contribution in [0.3, 0.4) is 0 Å². The van der Waals surface area contributed by atoms with Gasteiger partial charge in [0.05, 0.1) is 12.6 Å². The van der Waals surface area contributed by atoms with Gasteiger partial charge in [-0.05, 0) is 58.4 Å². The average Bonchev–Trinajstić information content (AvgIpc) is 3.49. The maximum Gasteiger partial charge on any atom is 0.415 e. The topological polar surface area (TPSA) is 89.1 Å². The Morgan fingerprint density at radius 1 is 1.20 bits per heavy atom. The van der Waals surface area contributed by atoms with E-state index in [-0.39, 0.29) is 23.4 Å². The highest BCUT2D eigenvalue weighted by atomic mass is 19.3. The lowest BCUT2D eigenvalue weighted by Gasteiger charge is -2.37. The number of anilines is 1. The first-order chi connectivity index (χ1) is 19.6. The summed E-state index contributed by atoms with van der Waals surface area (Å²) in [6, 6.07) is 9.42. The van der Waals surface area contributed by atoms with Gasteiger partial charge in [0.1, 0.15) is 17.7 Å². The SMILES string of the molecule is COc1cc2nc(C)nc(N[C@H](C)c3cccc(C(F)(F)C4CCCO4)c3)c2cc1OC(=O)N1CCN(C)CC1C. The minimum Gasteiger partial charge on any atom is -0.493 e. The molecule has 3 aromatic rings. The Hall–Kier alpha value is -3.57. The van der Waals surface area contributed by atoms with E-state index < -0.39 is 18.1 Å². The van der Waals surface area contributed by atoms with Crippen molar-refractivity contribution in [2.45, 2.75) is 57.7 Å². The summed E-state index contributed by atoms with van der Waals surface area (Å²) >= 11 is 0. The average molecular weight is 570 g/mol. The lowest BCUT2D eigenvalue weighted by molar-refractivity contribution is -0.122. The number of aromatic nitrogens is 2. The number of hydrogen-bond donors (Lipinski definition) is 1. The lowest BCUT2D eigenvalue weighted by atomic mass is 9.97. The summed E-state index contributed by atoms with van der Waals surface area (Å²) in [5.74, 6) is -1.46. The van der Waals surface area contributed by atoms with Crippen LogP contribution in [0.5, 0.6) is 11.5 Å². The number of likely N-dealkylation sites (N-methyl/N-ethyl adjacent to an activating group) is 1. The van der Waals surface area contributed by atoms with Crippen LogP contribution in [-0.4, -0.2) is 78.4 Å². The predicted molar refractivity (Wildman–Crippen MR) is 152 cm³/mol. The summed E-state index contributed by atoms with van der Waals surface area (Å²) in [5.41, 5.74) is 1.20. The standard InChI is InChI=1S/C30H37F2N5O4/c1-18-17-36(4)11-12-37(18)29(38)41-26-15-23-24(16-25(26)39-5)34-20(3)35-28(23)33-19(2)21-8-6-9-22(14-21)30(31,32)27-10-7-13-40-27/h6,8-9,14-16,18-19,27H,7,10-13,17H2,1-5H3,(H,33,34,35)/t18?,19-,27?/m1/s1. The highest BCUT2D eigenvalue weighted by Gasteiger charge is 2.44. The summed E-state index contributed by atoms with van der Waals surface area (Å²) < 4.78 is 47.0. The molecule has 2 saturated heterocycles. The van der Waals surface area contributed by atoms with Gasteiger partial charge in [-0.1, -0.05) is 18.2 Å². The number of aryl methyl sites for hydroxylation is 1. The summed E-state index contributed by atoms with van der Waals surface area (Å²) in [7, 11) is 3.53. The number of alkyl halides is 2. The molecule has 3 heterocycles. The van der Waals surface area contributed by atoms with E-state index in [4.69, 9.17) is 14.2 Å². The second-order valence-corrected chi connectivity index (χ2v) is 10.9. The number of hydrogen-bond acceptors (Lipinski definition) is 8. The molecule has 2 aliphatic heterocycles. The van der Waals surface area contributed by atoms with E-state index >= 15 is 8.78 Å². The van der Waals surface area contributed by atoms with Crippen LogP contribution in [-0.2, 0) is 10.7 Å². The number of ether oxygens (including phenoxy) is 3. The zero-order valence-electron chi connectivity index (χ0n) is 24.1. The normalized spacial score (nSPS) is 20.7. The van der Waals surface area contributed by atoms with Crippen molar-refractivity contribution in [2.24, 2.45) is 0 Å². The van der Waals surface area contributed by atoms with Gasteiger partial charge >= 0.3 is 6.09 Å². The first-order valence-corrected chi connectivity index (χ1v) is 14.0. The van der Waals surface area contributed by atoms with Crippen LogP contribution >= 0.6 is 0 Å². The molecule has 0 radical (unpaired) electrons. The molecule has 1 N–H and O–H groups in total. The van der Waals surface area contributed by atoms with Crippen LogP contribution in [0.25, 0.3) is 10.9 Å². The summed E-state index contributed by atoms with van der Waals surface area (Å²) in [5, 5.41) is 3.97. The van der Waals surface area contributed by atoms with Gasteiger partial charge in [0.25, 0.3) is 5.92 Å². The first kappa shape index (κ1) is 28.9. The van der Waals surface area contributed by atoms with Gasteiger partial charge in [0.15, 0.2) is 11.5 Å². The smallest absolute Gasteiger partial charge is 0.415 e. The molecule has 5 rings (SSSR count). The lowest BCUT2D eigenvalue weighted by Crippen LogP contribution is -2.53. The molecule has 11 heteroatoms. The first-order valence-electron chi connectivity index (χ1n) is 14.0. The number of carbonyl (C=O) groups excluding carboxylic acids is 1. The van der Waals surface area contributed by atoms with Crippen molar-refractivity contribution in [3.05, 3.63) is 53.3 Å². The van der Waals surface area contributed by atoms with Crippen molar-refractivity contribution in [3.8, 4) is 11.5 Å². The van der Waals surface area contributed by atoms with Crippen LogP contribution in [0.2, 0.25) is 0 Å². The van der Waals surface area contributed by atoms with Crippen molar-refractivity contribution < 1.29 is 27.8 Å². The molecule has 2 unspecified atom stereocenters. The molecule has 1 aromatic heterocycles. The molecule has 220 valence electrons. The molecular formula is C30H37F2N5O4. The minimum atomic E-state index is -3.08. The molecule has 0 saturated carbocycles. The Kier molecular flexibility index (Phi) is 8.28. The van der Waals surface area contributed by atoms with E-state index in [2.05, 4.69) is 20.2 Å². The maximum atomic E-state index is 15.2. The Morgan fingerprint density at radius 3 is 2.71 bits per heavy atom. The fraction of sp³-hybridized carbons (Fsp3) is 0.500. The number of nitrogens with one attached hydrogen (secondary N) is 1. The third-order valence-electron chi connectivity index (χ3n) is 7.81. The van der Waals surface area contributed by atoms with Crippen molar-refractivity contribution in [1.82, 2.24) is 19.8 Å². The quantitative estimate of drug-likeness (QED) is 0.398. The van der Waals surface area contributed by atoms with E-state index in [0.29, 0.717) is 59.9 Å². The van der Waals surface area contributed by atoms with Crippen LogP contribution in [0.15, 0.2) is 36.4 Å². The Morgan fingerprint density at radius 2 is 2.00 bits per heavy atom. The van der Waals surface area contributed by atoms with Gasteiger partial charge in [0, 0.05) is 55.3 Å². The van der Waals surface area contributed by atoms with Crippen LogP contribution < -0.4 is 14.8 Å². The second-order valence-electron chi connectivity index (χ2n) is 10.9. The number of benzene rings is 2.